The van der Waals surface area contributed by atoms with Crippen molar-refractivity contribution in [2.45, 2.75) is 45.3 Å². The van der Waals surface area contributed by atoms with Crippen LogP contribution >= 0.6 is 0 Å². The average molecular weight is 244 g/mol. The number of hydrogen-bond donors (Lipinski definition) is 3. The van der Waals surface area contributed by atoms with E-state index in [1.54, 1.807) is 0 Å². The molecule has 102 valence electrons. The molecule has 0 aliphatic carbocycles. The molecule has 0 saturated carbocycles. The van der Waals surface area contributed by atoms with Crippen LogP contribution in [-0.2, 0) is 0 Å². The molecule has 1 heterocycles. The highest BCUT2D eigenvalue weighted by molar-refractivity contribution is 4.84. The topological polar surface area (TPSA) is 55.7 Å². The van der Waals surface area contributed by atoms with Crippen LogP contribution in [-0.4, -0.2) is 59.5 Å². The molecular weight excluding hydrogens is 216 g/mol. The van der Waals surface area contributed by atoms with E-state index in [1.165, 1.54) is 12.8 Å². The van der Waals surface area contributed by atoms with Gasteiger partial charge in [-0.15, -0.1) is 0 Å². The van der Waals surface area contributed by atoms with Gasteiger partial charge in [0.15, 0.2) is 0 Å². The number of nitrogens with one attached hydrogen (secondary N) is 1. The third kappa shape index (κ3) is 4.92. The molecule has 1 aliphatic heterocycles. The summed E-state index contributed by atoms with van der Waals surface area (Å²) in [4.78, 5) is 2.17. The lowest BCUT2D eigenvalue weighted by molar-refractivity contribution is -0.0231. The molecule has 0 amide bonds. The molecule has 3 N–H and O–H groups in total. The number of rotatable bonds is 7. The Morgan fingerprint density at radius 1 is 1.47 bits per heavy atom. The van der Waals surface area contributed by atoms with E-state index in [0.29, 0.717) is 19.1 Å². The van der Waals surface area contributed by atoms with Gasteiger partial charge in [0.1, 0.15) is 0 Å². The van der Waals surface area contributed by atoms with Crippen molar-refractivity contribution in [2.24, 2.45) is 5.92 Å². The number of nitrogens with zero attached hydrogens (tertiary/aromatic N) is 1. The van der Waals surface area contributed by atoms with E-state index in [1.807, 2.05) is 20.8 Å². The first-order valence-corrected chi connectivity index (χ1v) is 6.74. The molecule has 1 saturated heterocycles. The zero-order valence-electron chi connectivity index (χ0n) is 11.4. The molecule has 4 heteroatoms. The standard InChI is InChI=1S/C13H28N2O2/c1-11(2)13(3,17)10-15(7-8-16)9-12-5-4-6-14-12/h11-12,14,16-17H,4-10H2,1-3H3. The van der Waals surface area contributed by atoms with Crippen LogP contribution in [0, 0.1) is 5.92 Å². The van der Waals surface area contributed by atoms with Crippen LogP contribution in [0.4, 0.5) is 0 Å². The summed E-state index contributed by atoms with van der Waals surface area (Å²) in [5.74, 6) is 0.222. The molecule has 0 aromatic heterocycles. The average Bonchev–Trinajstić information content (AvgIpc) is 2.69. The lowest BCUT2D eigenvalue weighted by Gasteiger charge is -2.35. The van der Waals surface area contributed by atoms with Crippen molar-refractivity contribution in [1.29, 1.82) is 0 Å². The second-order valence-electron chi connectivity index (χ2n) is 5.76. The van der Waals surface area contributed by atoms with Gasteiger partial charge in [0.25, 0.3) is 0 Å². The van der Waals surface area contributed by atoms with E-state index in [0.717, 1.165) is 13.1 Å². The maximum atomic E-state index is 10.3. The van der Waals surface area contributed by atoms with Crippen molar-refractivity contribution in [3.63, 3.8) is 0 Å². The number of aliphatic hydroxyl groups excluding tert-OH is 1. The summed E-state index contributed by atoms with van der Waals surface area (Å²) in [6.45, 7) is 9.38. The van der Waals surface area contributed by atoms with Gasteiger partial charge in [-0.2, -0.15) is 0 Å². The molecule has 0 aromatic rings. The largest absolute Gasteiger partial charge is 0.395 e. The van der Waals surface area contributed by atoms with Gasteiger partial charge in [-0.3, -0.25) is 4.90 Å². The molecular formula is C13H28N2O2. The normalized spacial score (nSPS) is 24.5. The van der Waals surface area contributed by atoms with Crippen LogP contribution in [0.2, 0.25) is 0 Å². The van der Waals surface area contributed by atoms with Gasteiger partial charge >= 0.3 is 0 Å². The van der Waals surface area contributed by atoms with Gasteiger partial charge < -0.3 is 15.5 Å². The second kappa shape index (κ2) is 6.69. The molecule has 1 fully saturated rings. The third-order valence-corrected chi connectivity index (χ3v) is 3.84. The van der Waals surface area contributed by atoms with Crippen LogP contribution in [0.3, 0.4) is 0 Å². The van der Waals surface area contributed by atoms with Crippen LogP contribution < -0.4 is 5.32 Å². The highest BCUT2D eigenvalue weighted by Crippen LogP contribution is 2.18. The van der Waals surface area contributed by atoms with Gasteiger partial charge in [0.2, 0.25) is 0 Å². The van der Waals surface area contributed by atoms with Crippen molar-refractivity contribution in [2.75, 3.05) is 32.8 Å². The van der Waals surface area contributed by atoms with E-state index in [9.17, 15) is 5.11 Å². The summed E-state index contributed by atoms with van der Waals surface area (Å²) < 4.78 is 0. The minimum absolute atomic E-state index is 0.154. The highest BCUT2D eigenvalue weighted by Gasteiger charge is 2.29. The summed E-state index contributed by atoms with van der Waals surface area (Å²) >= 11 is 0. The molecule has 1 aliphatic rings. The Morgan fingerprint density at radius 3 is 2.65 bits per heavy atom. The van der Waals surface area contributed by atoms with Crippen LogP contribution in [0.25, 0.3) is 0 Å². The van der Waals surface area contributed by atoms with Crippen molar-refractivity contribution in [3.8, 4) is 0 Å². The Kier molecular flexibility index (Phi) is 5.86. The number of hydrogen-bond acceptors (Lipinski definition) is 4. The third-order valence-electron chi connectivity index (χ3n) is 3.84. The quantitative estimate of drug-likeness (QED) is 0.608. The maximum absolute atomic E-state index is 10.3. The number of aliphatic hydroxyl groups is 2. The summed E-state index contributed by atoms with van der Waals surface area (Å²) in [5, 5.41) is 22.9. The monoisotopic (exact) mass is 244 g/mol. The van der Waals surface area contributed by atoms with Crippen molar-refractivity contribution < 1.29 is 10.2 Å². The predicted molar refractivity (Wildman–Crippen MR) is 70.0 cm³/mol. The van der Waals surface area contributed by atoms with E-state index in [-0.39, 0.29) is 12.5 Å². The summed E-state index contributed by atoms with van der Waals surface area (Å²) in [6, 6.07) is 0.518. The molecule has 0 aromatic carbocycles. The Morgan fingerprint density at radius 2 is 2.18 bits per heavy atom. The summed E-state index contributed by atoms with van der Waals surface area (Å²) in [5.41, 5.74) is -0.687. The molecule has 17 heavy (non-hydrogen) atoms. The smallest absolute Gasteiger partial charge is 0.0768 e. The van der Waals surface area contributed by atoms with Gasteiger partial charge in [0.05, 0.1) is 12.2 Å². The van der Waals surface area contributed by atoms with Gasteiger partial charge in [-0.05, 0) is 32.2 Å². The summed E-state index contributed by atoms with van der Waals surface area (Å²) in [7, 11) is 0. The molecule has 2 unspecified atom stereocenters. The van der Waals surface area contributed by atoms with Gasteiger partial charge in [-0.25, -0.2) is 0 Å². The van der Waals surface area contributed by atoms with Crippen LogP contribution in [0.15, 0.2) is 0 Å². The van der Waals surface area contributed by atoms with E-state index >= 15 is 0 Å². The van der Waals surface area contributed by atoms with Crippen LogP contribution in [0.1, 0.15) is 33.6 Å². The van der Waals surface area contributed by atoms with Crippen LogP contribution in [0.5, 0.6) is 0 Å². The molecule has 0 spiro atoms. The molecule has 1 rings (SSSR count). The fourth-order valence-corrected chi connectivity index (χ4v) is 2.24. The van der Waals surface area contributed by atoms with E-state index < -0.39 is 5.60 Å². The first-order valence-electron chi connectivity index (χ1n) is 6.74. The lowest BCUT2D eigenvalue weighted by atomic mass is 9.92. The fraction of sp³-hybridized carbons (Fsp3) is 1.00. The minimum atomic E-state index is -0.687. The first-order chi connectivity index (χ1) is 7.95. The zero-order chi connectivity index (χ0) is 12.9. The van der Waals surface area contributed by atoms with Crippen molar-refractivity contribution in [3.05, 3.63) is 0 Å². The van der Waals surface area contributed by atoms with E-state index in [2.05, 4.69) is 10.2 Å². The summed E-state index contributed by atoms with van der Waals surface area (Å²) in [6.07, 6.45) is 2.43. The second-order valence-corrected chi connectivity index (χ2v) is 5.76. The molecule has 4 nitrogen and oxygen atoms in total. The Hall–Kier alpha value is -0.160. The SMILES string of the molecule is CC(C)C(C)(O)CN(CCO)CC1CCCN1. The molecule has 2 atom stereocenters. The maximum Gasteiger partial charge on any atom is 0.0768 e. The molecule has 0 radical (unpaired) electrons. The Bertz CT molecular complexity index is 213. The van der Waals surface area contributed by atoms with E-state index in [4.69, 9.17) is 5.11 Å². The highest BCUT2D eigenvalue weighted by atomic mass is 16.3. The lowest BCUT2D eigenvalue weighted by Crippen LogP contribution is -2.49. The van der Waals surface area contributed by atoms with Crippen molar-refractivity contribution >= 4 is 0 Å². The van der Waals surface area contributed by atoms with Crippen molar-refractivity contribution in [1.82, 2.24) is 10.2 Å². The first kappa shape index (κ1) is 14.9. The minimum Gasteiger partial charge on any atom is -0.395 e. The van der Waals surface area contributed by atoms with Gasteiger partial charge in [0, 0.05) is 25.7 Å². The Balaban J connectivity index is 2.46. The molecule has 0 bridgehead atoms. The zero-order valence-corrected chi connectivity index (χ0v) is 11.4. The fourth-order valence-electron chi connectivity index (χ4n) is 2.24. The van der Waals surface area contributed by atoms with Gasteiger partial charge in [-0.1, -0.05) is 13.8 Å². The predicted octanol–water partition coefficient (Wildman–Crippen LogP) is 0.440. The Labute approximate surface area is 105 Å².